The molecule has 0 fully saturated rings. The minimum absolute atomic E-state index is 0.0431. The van der Waals surface area contributed by atoms with Crippen molar-refractivity contribution in [1.29, 1.82) is 0 Å². The summed E-state index contributed by atoms with van der Waals surface area (Å²) in [5.41, 5.74) is 5.23. The Bertz CT molecular complexity index is 1130. The van der Waals surface area contributed by atoms with E-state index >= 15 is 0 Å². The van der Waals surface area contributed by atoms with Crippen LogP contribution in [-0.2, 0) is 24.2 Å². The van der Waals surface area contributed by atoms with E-state index in [2.05, 4.69) is 6.07 Å². The molecule has 0 radical (unpaired) electrons. The van der Waals surface area contributed by atoms with Gasteiger partial charge in [-0.25, -0.2) is 0 Å². The molecule has 0 amide bonds. The van der Waals surface area contributed by atoms with Gasteiger partial charge in [0.2, 0.25) is 0 Å². The van der Waals surface area contributed by atoms with Gasteiger partial charge in [0, 0.05) is 22.2 Å². The van der Waals surface area contributed by atoms with Crippen molar-refractivity contribution in [2.45, 2.75) is 26.3 Å². The number of aliphatic carboxylic acids is 1. The first-order valence-electron chi connectivity index (χ1n) is 9.36. The lowest BCUT2D eigenvalue weighted by molar-refractivity contribution is -0.136. The number of hydrogen-bond acceptors (Lipinski definition) is 3. The van der Waals surface area contributed by atoms with E-state index in [0.717, 1.165) is 39.1 Å². The summed E-state index contributed by atoms with van der Waals surface area (Å²) in [4.78, 5) is 16.2. The Labute approximate surface area is 163 Å². The van der Waals surface area contributed by atoms with E-state index in [1.807, 2.05) is 72.3 Å². The standard InChI is InChI=1S/C23H21N3O2/c1-2-21-19(14-22(27)28)23(17-9-4-3-5-10-17)25-26(21)15-18-13-12-16-8-6-7-11-20(16)24-18/h3-13H,2,14-15H2,1H3,(H,27,28). The van der Waals surface area contributed by atoms with Crippen molar-refractivity contribution in [2.24, 2.45) is 0 Å². The molecule has 4 rings (SSSR count). The summed E-state index contributed by atoms with van der Waals surface area (Å²) >= 11 is 0. The number of fused-ring (bicyclic) bond motifs is 1. The van der Waals surface area contributed by atoms with Crippen molar-refractivity contribution in [1.82, 2.24) is 14.8 Å². The monoisotopic (exact) mass is 371 g/mol. The van der Waals surface area contributed by atoms with Gasteiger partial charge in [0.05, 0.1) is 29.9 Å². The maximum Gasteiger partial charge on any atom is 0.307 e. The average molecular weight is 371 g/mol. The Morgan fingerprint density at radius 3 is 2.50 bits per heavy atom. The van der Waals surface area contributed by atoms with E-state index in [-0.39, 0.29) is 6.42 Å². The first-order chi connectivity index (χ1) is 13.7. The van der Waals surface area contributed by atoms with Crippen LogP contribution in [0.3, 0.4) is 0 Å². The topological polar surface area (TPSA) is 68.0 Å². The second kappa shape index (κ2) is 7.64. The predicted molar refractivity (Wildman–Crippen MR) is 109 cm³/mol. The van der Waals surface area contributed by atoms with Crippen LogP contribution in [-0.4, -0.2) is 25.8 Å². The fraction of sp³-hybridized carbons (Fsp3) is 0.174. The molecule has 2 aromatic heterocycles. The molecule has 0 atom stereocenters. The molecule has 0 aliphatic heterocycles. The molecule has 140 valence electrons. The molecule has 0 unspecified atom stereocenters. The van der Waals surface area contributed by atoms with E-state index < -0.39 is 5.97 Å². The zero-order chi connectivity index (χ0) is 19.5. The third-order valence-electron chi connectivity index (χ3n) is 4.84. The highest BCUT2D eigenvalue weighted by Crippen LogP contribution is 2.27. The van der Waals surface area contributed by atoms with Crippen LogP contribution < -0.4 is 0 Å². The van der Waals surface area contributed by atoms with Gasteiger partial charge < -0.3 is 5.11 Å². The third-order valence-corrected chi connectivity index (χ3v) is 4.84. The van der Waals surface area contributed by atoms with Gasteiger partial charge in [-0.1, -0.05) is 61.5 Å². The highest BCUT2D eigenvalue weighted by molar-refractivity contribution is 5.78. The minimum atomic E-state index is -0.852. The Hall–Kier alpha value is -3.47. The number of carboxylic acids is 1. The van der Waals surface area contributed by atoms with Gasteiger partial charge >= 0.3 is 5.97 Å². The number of nitrogens with zero attached hydrogens (tertiary/aromatic N) is 3. The van der Waals surface area contributed by atoms with Crippen molar-refractivity contribution in [3.05, 3.63) is 83.7 Å². The molecule has 0 aliphatic rings. The summed E-state index contributed by atoms with van der Waals surface area (Å²) in [7, 11) is 0. The summed E-state index contributed by atoms with van der Waals surface area (Å²) in [5.74, 6) is -0.852. The highest BCUT2D eigenvalue weighted by atomic mass is 16.4. The van der Waals surface area contributed by atoms with Crippen LogP contribution in [0.5, 0.6) is 0 Å². The number of carbonyl (C=O) groups is 1. The zero-order valence-electron chi connectivity index (χ0n) is 15.7. The SMILES string of the molecule is CCc1c(CC(=O)O)c(-c2ccccc2)nn1Cc1ccc2ccccc2n1. The second-order valence-electron chi connectivity index (χ2n) is 6.72. The molecule has 2 aromatic carbocycles. The summed E-state index contributed by atoms with van der Waals surface area (Å²) in [6.45, 7) is 2.54. The van der Waals surface area contributed by atoms with E-state index in [0.29, 0.717) is 13.0 Å². The third kappa shape index (κ3) is 3.51. The van der Waals surface area contributed by atoms with Crippen molar-refractivity contribution >= 4 is 16.9 Å². The fourth-order valence-electron chi connectivity index (χ4n) is 3.58. The molecule has 2 heterocycles. The van der Waals surface area contributed by atoms with E-state index in [1.54, 1.807) is 0 Å². The number of carboxylic acid groups (broad SMARTS) is 1. The van der Waals surface area contributed by atoms with Crippen LogP contribution in [0.25, 0.3) is 22.2 Å². The van der Waals surface area contributed by atoms with E-state index in [4.69, 9.17) is 10.1 Å². The van der Waals surface area contributed by atoms with Gasteiger partial charge in [-0.2, -0.15) is 5.10 Å². The smallest absolute Gasteiger partial charge is 0.307 e. The summed E-state index contributed by atoms with van der Waals surface area (Å²) in [5, 5.41) is 15.3. The maximum atomic E-state index is 11.5. The van der Waals surface area contributed by atoms with Crippen LogP contribution in [0, 0.1) is 0 Å². The molecule has 0 saturated carbocycles. The zero-order valence-corrected chi connectivity index (χ0v) is 15.7. The molecule has 0 bridgehead atoms. The van der Waals surface area contributed by atoms with E-state index in [1.165, 1.54) is 0 Å². The lowest BCUT2D eigenvalue weighted by Crippen LogP contribution is -2.09. The number of benzene rings is 2. The van der Waals surface area contributed by atoms with Gasteiger partial charge in [-0.05, 0) is 18.6 Å². The lowest BCUT2D eigenvalue weighted by atomic mass is 10.0. The average Bonchev–Trinajstić information content (AvgIpc) is 3.04. The summed E-state index contributed by atoms with van der Waals surface area (Å²) in [6, 6.07) is 21.8. The minimum Gasteiger partial charge on any atom is -0.481 e. The molecule has 5 heteroatoms. The normalized spacial score (nSPS) is 11.0. The molecule has 0 aliphatic carbocycles. The number of aromatic nitrogens is 3. The molecule has 1 N–H and O–H groups in total. The molecular weight excluding hydrogens is 350 g/mol. The molecular formula is C23H21N3O2. The van der Waals surface area contributed by atoms with Gasteiger partial charge in [-0.3, -0.25) is 14.5 Å². The summed E-state index contributed by atoms with van der Waals surface area (Å²) < 4.78 is 1.90. The van der Waals surface area contributed by atoms with Gasteiger partial charge in [0.25, 0.3) is 0 Å². The largest absolute Gasteiger partial charge is 0.481 e. The highest BCUT2D eigenvalue weighted by Gasteiger charge is 2.20. The predicted octanol–water partition coefficient (Wildman–Crippen LogP) is 4.34. The molecule has 0 spiro atoms. The number of para-hydroxylation sites is 1. The van der Waals surface area contributed by atoms with Crippen LogP contribution in [0.2, 0.25) is 0 Å². The Morgan fingerprint density at radius 1 is 1.00 bits per heavy atom. The van der Waals surface area contributed by atoms with Crippen molar-refractivity contribution in [2.75, 3.05) is 0 Å². The lowest BCUT2D eigenvalue weighted by Gasteiger charge is -2.08. The molecule has 5 nitrogen and oxygen atoms in total. The second-order valence-corrected chi connectivity index (χ2v) is 6.72. The van der Waals surface area contributed by atoms with Crippen molar-refractivity contribution in [3.63, 3.8) is 0 Å². The molecule has 0 saturated heterocycles. The quantitative estimate of drug-likeness (QED) is 0.548. The van der Waals surface area contributed by atoms with Crippen molar-refractivity contribution in [3.8, 4) is 11.3 Å². The van der Waals surface area contributed by atoms with Gasteiger partial charge in [0.1, 0.15) is 0 Å². The summed E-state index contributed by atoms with van der Waals surface area (Å²) in [6.07, 6.45) is 0.661. The number of hydrogen-bond donors (Lipinski definition) is 1. The van der Waals surface area contributed by atoms with E-state index in [9.17, 15) is 9.90 Å². The van der Waals surface area contributed by atoms with Gasteiger partial charge in [0.15, 0.2) is 0 Å². The van der Waals surface area contributed by atoms with Gasteiger partial charge in [-0.15, -0.1) is 0 Å². The first kappa shape index (κ1) is 17.9. The number of pyridine rings is 1. The Morgan fingerprint density at radius 2 is 1.75 bits per heavy atom. The van der Waals surface area contributed by atoms with Crippen LogP contribution in [0.1, 0.15) is 23.9 Å². The molecule has 28 heavy (non-hydrogen) atoms. The maximum absolute atomic E-state index is 11.5. The number of rotatable bonds is 6. The van der Waals surface area contributed by atoms with Crippen LogP contribution in [0.15, 0.2) is 66.7 Å². The molecule has 4 aromatic rings. The van der Waals surface area contributed by atoms with Crippen molar-refractivity contribution < 1.29 is 9.90 Å². The Balaban J connectivity index is 1.79. The van der Waals surface area contributed by atoms with Crippen LogP contribution in [0.4, 0.5) is 0 Å². The Kier molecular flexibility index (Phi) is 4.89. The van der Waals surface area contributed by atoms with Crippen LogP contribution >= 0.6 is 0 Å². The first-order valence-corrected chi connectivity index (χ1v) is 9.36. The fourth-order valence-corrected chi connectivity index (χ4v) is 3.58.